The smallest absolute Gasteiger partial charge is 0.236 e. The van der Waals surface area contributed by atoms with E-state index in [0.29, 0.717) is 5.88 Å². The summed E-state index contributed by atoms with van der Waals surface area (Å²) in [6.45, 7) is 3.69. The SMILES string of the molecule is Cc1noc(N(C)C(=N)N(C)C(=N)N)c1C.Cl. The van der Waals surface area contributed by atoms with Gasteiger partial charge in [0.25, 0.3) is 0 Å². The molecule has 1 heterocycles. The first kappa shape index (κ1) is 15.2. The van der Waals surface area contributed by atoms with Gasteiger partial charge >= 0.3 is 0 Å². The fourth-order valence-corrected chi connectivity index (χ4v) is 1.15. The molecule has 0 atom stereocenters. The van der Waals surface area contributed by atoms with Gasteiger partial charge in [-0.2, -0.15) is 0 Å². The molecule has 96 valence electrons. The summed E-state index contributed by atoms with van der Waals surface area (Å²) in [4.78, 5) is 2.72. The number of aromatic nitrogens is 1. The Morgan fingerprint density at radius 3 is 2.18 bits per heavy atom. The van der Waals surface area contributed by atoms with Crippen LogP contribution in [-0.4, -0.2) is 36.1 Å². The van der Waals surface area contributed by atoms with Gasteiger partial charge in [0.2, 0.25) is 11.8 Å². The van der Waals surface area contributed by atoms with Gasteiger partial charge in [0.05, 0.1) is 5.69 Å². The average Bonchev–Trinajstić information content (AvgIpc) is 2.56. The van der Waals surface area contributed by atoms with Crippen LogP contribution in [0, 0.1) is 24.7 Å². The van der Waals surface area contributed by atoms with Crippen molar-refractivity contribution < 1.29 is 4.52 Å². The van der Waals surface area contributed by atoms with Crippen molar-refractivity contribution in [1.82, 2.24) is 10.1 Å². The molecule has 7 nitrogen and oxygen atoms in total. The Morgan fingerprint density at radius 1 is 1.29 bits per heavy atom. The van der Waals surface area contributed by atoms with E-state index in [9.17, 15) is 0 Å². The van der Waals surface area contributed by atoms with Crippen molar-refractivity contribution in [2.75, 3.05) is 19.0 Å². The van der Waals surface area contributed by atoms with E-state index in [2.05, 4.69) is 5.16 Å². The molecule has 0 radical (unpaired) electrons. The number of hydrogen-bond donors (Lipinski definition) is 3. The molecule has 0 fully saturated rings. The maximum atomic E-state index is 7.82. The van der Waals surface area contributed by atoms with Crippen LogP contribution in [0.1, 0.15) is 11.3 Å². The second kappa shape index (κ2) is 5.53. The first-order valence-electron chi connectivity index (χ1n) is 4.69. The van der Waals surface area contributed by atoms with Crippen molar-refractivity contribution in [1.29, 1.82) is 10.8 Å². The van der Waals surface area contributed by atoms with Crippen LogP contribution >= 0.6 is 12.4 Å². The zero-order valence-electron chi connectivity index (χ0n) is 10.2. The highest BCUT2D eigenvalue weighted by atomic mass is 35.5. The van der Waals surface area contributed by atoms with E-state index in [1.165, 1.54) is 9.80 Å². The molecule has 0 spiro atoms. The highest BCUT2D eigenvalue weighted by molar-refractivity contribution is 6.02. The monoisotopic (exact) mass is 260 g/mol. The van der Waals surface area contributed by atoms with E-state index in [1.54, 1.807) is 14.1 Å². The maximum Gasteiger partial charge on any atom is 0.236 e. The van der Waals surface area contributed by atoms with Gasteiger partial charge in [0.1, 0.15) is 0 Å². The van der Waals surface area contributed by atoms with E-state index in [4.69, 9.17) is 21.1 Å². The van der Waals surface area contributed by atoms with E-state index in [1.807, 2.05) is 13.8 Å². The third kappa shape index (κ3) is 2.88. The van der Waals surface area contributed by atoms with Crippen LogP contribution in [0.4, 0.5) is 5.88 Å². The molecule has 0 aliphatic carbocycles. The minimum Gasteiger partial charge on any atom is -0.370 e. The first-order chi connectivity index (χ1) is 7.36. The molecule has 8 heteroatoms. The molecule has 0 amide bonds. The molecule has 0 aliphatic heterocycles. The summed E-state index contributed by atoms with van der Waals surface area (Å²) >= 11 is 0. The average molecular weight is 261 g/mol. The fraction of sp³-hybridized carbons (Fsp3) is 0.444. The Bertz CT molecular complexity index is 429. The number of aryl methyl sites for hydroxylation is 1. The third-order valence-electron chi connectivity index (χ3n) is 2.43. The van der Waals surface area contributed by atoms with Gasteiger partial charge in [-0.05, 0) is 13.8 Å². The second-order valence-electron chi connectivity index (χ2n) is 3.53. The number of nitrogens with one attached hydrogen (secondary N) is 2. The van der Waals surface area contributed by atoms with Crippen LogP contribution in [-0.2, 0) is 0 Å². The van der Waals surface area contributed by atoms with Gasteiger partial charge < -0.3 is 10.3 Å². The van der Waals surface area contributed by atoms with Crippen molar-refractivity contribution >= 4 is 30.2 Å². The normalized spacial score (nSPS) is 9.41. The van der Waals surface area contributed by atoms with Crippen LogP contribution in [0.15, 0.2) is 4.52 Å². The highest BCUT2D eigenvalue weighted by Gasteiger charge is 2.20. The summed E-state index contributed by atoms with van der Waals surface area (Å²) in [5, 5.41) is 18.9. The number of anilines is 1. The van der Waals surface area contributed by atoms with Crippen LogP contribution in [0.2, 0.25) is 0 Å². The summed E-state index contributed by atoms with van der Waals surface area (Å²) in [6, 6.07) is 0. The quantitative estimate of drug-likeness (QED) is 0.514. The molecule has 0 bridgehead atoms. The minimum atomic E-state index is -0.203. The molecule has 0 unspecified atom stereocenters. The van der Waals surface area contributed by atoms with Crippen LogP contribution < -0.4 is 10.6 Å². The summed E-state index contributed by atoms with van der Waals surface area (Å²) in [5.74, 6) is 0.327. The molecular weight excluding hydrogens is 244 g/mol. The number of halogens is 1. The molecule has 0 aromatic carbocycles. The van der Waals surface area contributed by atoms with Crippen LogP contribution in [0.5, 0.6) is 0 Å². The van der Waals surface area contributed by atoms with Crippen LogP contribution in [0.3, 0.4) is 0 Å². The number of nitrogens with zero attached hydrogens (tertiary/aromatic N) is 3. The lowest BCUT2D eigenvalue weighted by Gasteiger charge is -2.24. The van der Waals surface area contributed by atoms with E-state index < -0.39 is 0 Å². The summed E-state index contributed by atoms with van der Waals surface area (Å²) in [6.07, 6.45) is 0. The summed E-state index contributed by atoms with van der Waals surface area (Å²) < 4.78 is 5.11. The minimum absolute atomic E-state index is 0. The van der Waals surface area contributed by atoms with Gasteiger partial charge in [-0.25, -0.2) is 0 Å². The van der Waals surface area contributed by atoms with Crippen molar-refractivity contribution in [3.05, 3.63) is 11.3 Å². The lowest BCUT2D eigenvalue weighted by atomic mass is 10.3. The van der Waals surface area contributed by atoms with Gasteiger partial charge in [0, 0.05) is 19.7 Å². The molecule has 1 aromatic rings. The van der Waals surface area contributed by atoms with E-state index in [-0.39, 0.29) is 24.3 Å². The molecule has 0 saturated heterocycles. The Kier molecular flexibility index (Phi) is 4.96. The number of guanidine groups is 2. The first-order valence-corrected chi connectivity index (χ1v) is 4.69. The van der Waals surface area contributed by atoms with Crippen molar-refractivity contribution in [2.45, 2.75) is 13.8 Å². The number of hydrogen-bond acceptors (Lipinski definition) is 4. The lowest BCUT2D eigenvalue weighted by Crippen LogP contribution is -2.45. The van der Waals surface area contributed by atoms with Gasteiger partial charge in [0.15, 0.2) is 5.96 Å². The second-order valence-corrected chi connectivity index (χ2v) is 3.53. The van der Waals surface area contributed by atoms with E-state index in [0.717, 1.165) is 11.3 Å². The largest absolute Gasteiger partial charge is 0.370 e. The van der Waals surface area contributed by atoms with Gasteiger partial charge in [-0.3, -0.25) is 20.6 Å². The van der Waals surface area contributed by atoms with Gasteiger partial charge in [-0.1, -0.05) is 5.16 Å². The number of nitrogens with two attached hydrogens (primary N) is 1. The summed E-state index contributed by atoms with van der Waals surface area (Å²) in [5.41, 5.74) is 6.93. The summed E-state index contributed by atoms with van der Waals surface area (Å²) in [7, 11) is 3.20. The fourth-order valence-electron chi connectivity index (χ4n) is 1.15. The van der Waals surface area contributed by atoms with Gasteiger partial charge in [-0.15, -0.1) is 12.4 Å². The van der Waals surface area contributed by atoms with Crippen molar-refractivity contribution in [2.24, 2.45) is 5.73 Å². The topological polar surface area (TPSA) is 106 Å². The third-order valence-corrected chi connectivity index (χ3v) is 2.43. The zero-order valence-corrected chi connectivity index (χ0v) is 11.1. The Morgan fingerprint density at radius 2 is 1.82 bits per heavy atom. The molecule has 4 N–H and O–H groups in total. The zero-order chi connectivity index (χ0) is 12.5. The van der Waals surface area contributed by atoms with Crippen molar-refractivity contribution in [3.63, 3.8) is 0 Å². The highest BCUT2D eigenvalue weighted by Crippen LogP contribution is 2.21. The molecule has 0 saturated carbocycles. The van der Waals surface area contributed by atoms with E-state index >= 15 is 0 Å². The maximum absolute atomic E-state index is 7.82. The molecule has 17 heavy (non-hydrogen) atoms. The molecule has 1 rings (SSSR count). The Hall–Kier alpha value is -1.76. The Labute approximate surface area is 106 Å². The van der Waals surface area contributed by atoms with Crippen molar-refractivity contribution in [3.8, 4) is 0 Å². The standard InChI is InChI=1S/C9H16N6O.ClH/c1-5-6(2)13-16-7(5)14(3)9(12)15(4)8(10)11;/h12H,1-4H3,(H3,10,11);1H. The molecule has 0 aliphatic rings. The predicted molar refractivity (Wildman–Crippen MR) is 69.0 cm³/mol. The Balaban J connectivity index is 0.00000256. The molecular formula is C9H17ClN6O. The predicted octanol–water partition coefficient (Wildman–Crippen LogP) is 0.909. The van der Waals surface area contributed by atoms with Crippen LogP contribution in [0.25, 0.3) is 0 Å². The number of rotatable bonds is 1. The lowest BCUT2D eigenvalue weighted by molar-refractivity contribution is 0.420. The molecule has 1 aromatic heterocycles.